The summed E-state index contributed by atoms with van der Waals surface area (Å²) >= 11 is 0. The SMILES string of the molecule is CC(=O)Nc1ccc(OC(=O)[C@@]23CC[C@@](C)(C(=O)O2)C3(C)C)cc1. The number of hydrogen-bond acceptors (Lipinski definition) is 5. The van der Waals surface area contributed by atoms with Crippen LogP contribution in [0.1, 0.15) is 40.5 Å². The van der Waals surface area contributed by atoms with Crippen molar-refractivity contribution in [3.05, 3.63) is 24.3 Å². The first-order valence-corrected chi connectivity index (χ1v) is 7.96. The number of rotatable bonds is 3. The minimum absolute atomic E-state index is 0.177. The van der Waals surface area contributed by atoms with E-state index < -0.39 is 22.4 Å². The van der Waals surface area contributed by atoms with Gasteiger partial charge in [-0.3, -0.25) is 9.59 Å². The molecule has 6 nitrogen and oxygen atoms in total. The number of benzene rings is 1. The molecule has 2 aliphatic rings. The second kappa shape index (κ2) is 5.06. The van der Waals surface area contributed by atoms with E-state index in [1.165, 1.54) is 6.92 Å². The number of esters is 2. The Morgan fingerprint density at radius 3 is 2.21 bits per heavy atom. The molecular formula is C18H21NO5. The Bertz CT molecular complexity index is 723. The standard InChI is InChI=1S/C18H21NO5/c1-11(20)19-12-5-7-13(8-6-12)23-15(22)18-10-9-17(4,14(21)24-18)16(18,2)3/h5-8H,9-10H2,1-4H3,(H,19,20)/t17-,18+/m0/s1. The fourth-order valence-electron chi connectivity index (χ4n) is 3.70. The van der Waals surface area contributed by atoms with Gasteiger partial charge in [0.1, 0.15) is 5.75 Å². The van der Waals surface area contributed by atoms with Gasteiger partial charge in [-0.2, -0.15) is 0 Å². The van der Waals surface area contributed by atoms with Crippen molar-refractivity contribution in [2.45, 2.75) is 46.1 Å². The van der Waals surface area contributed by atoms with Crippen molar-refractivity contribution < 1.29 is 23.9 Å². The molecule has 2 fully saturated rings. The van der Waals surface area contributed by atoms with E-state index in [2.05, 4.69) is 5.32 Å². The molecule has 1 aliphatic heterocycles. The molecule has 2 bridgehead atoms. The molecule has 1 N–H and O–H groups in total. The summed E-state index contributed by atoms with van der Waals surface area (Å²) in [5.41, 5.74) is -1.93. The van der Waals surface area contributed by atoms with Crippen LogP contribution in [0.4, 0.5) is 5.69 Å². The zero-order valence-corrected chi connectivity index (χ0v) is 14.3. The van der Waals surface area contributed by atoms with Gasteiger partial charge < -0.3 is 14.8 Å². The molecule has 1 aromatic carbocycles. The predicted octanol–water partition coefficient (Wildman–Crippen LogP) is 2.67. The number of anilines is 1. The molecule has 0 radical (unpaired) electrons. The molecular weight excluding hydrogens is 310 g/mol. The van der Waals surface area contributed by atoms with E-state index in [0.29, 0.717) is 24.3 Å². The second-order valence-corrected chi connectivity index (χ2v) is 7.27. The van der Waals surface area contributed by atoms with Gasteiger partial charge in [0.25, 0.3) is 0 Å². The smallest absolute Gasteiger partial charge is 0.356 e. The Kier molecular flexibility index (Phi) is 3.48. The summed E-state index contributed by atoms with van der Waals surface area (Å²) < 4.78 is 11.0. The van der Waals surface area contributed by atoms with Crippen molar-refractivity contribution in [1.29, 1.82) is 0 Å². The van der Waals surface area contributed by atoms with Gasteiger partial charge in [-0.05, 0) is 44.0 Å². The third-order valence-electron chi connectivity index (χ3n) is 5.80. The zero-order valence-electron chi connectivity index (χ0n) is 14.3. The third-order valence-corrected chi connectivity index (χ3v) is 5.80. The molecule has 2 atom stereocenters. The van der Waals surface area contributed by atoms with E-state index in [1.807, 2.05) is 20.8 Å². The normalized spacial score (nSPS) is 29.9. The molecule has 1 aliphatic carbocycles. The summed E-state index contributed by atoms with van der Waals surface area (Å²) in [5.74, 6) is -0.717. The predicted molar refractivity (Wildman–Crippen MR) is 86.3 cm³/mol. The van der Waals surface area contributed by atoms with Gasteiger partial charge in [-0.25, -0.2) is 4.79 Å². The number of ether oxygens (including phenoxy) is 2. The highest BCUT2D eigenvalue weighted by atomic mass is 16.6. The Morgan fingerprint density at radius 2 is 1.75 bits per heavy atom. The molecule has 1 saturated carbocycles. The van der Waals surface area contributed by atoms with E-state index in [4.69, 9.17) is 9.47 Å². The highest BCUT2D eigenvalue weighted by Gasteiger charge is 2.76. The first kappa shape index (κ1) is 16.5. The van der Waals surface area contributed by atoms with Crippen molar-refractivity contribution in [1.82, 2.24) is 0 Å². The number of hydrogen-bond donors (Lipinski definition) is 1. The highest BCUT2D eigenvalue weighted by molar-refractivity contribution is 5.94. The van der Waals surface area contributed by atoms with E-state index in [1.54, 1.807) is 24.3 Å². The largest absolute Gasteiger partial charge is 0.446 e. The molecule has 6 heteroatoms. The topological polar surface area (TPSA) is 81.7 Å². The van der Waals surface area contributed by atoms with E-state index in [-0.39, 0.29) is 11.9 Å². The zero-order chi connectivity index (χ0) is 17.8. The minimum Gasteiger partial charge on any atom is -0.446 e. The van der Waals surface area contributed by atoms with Gasteiger partial charge in [0.2, 0.25) is 11.5 Å². The van der Waals surface area contributed by atoms with Crippen LogP contribution in [0.2, 0.25) is 0 Å². The average Bonchev–Trinajstić information content (AvgIpc) is 2.79. The van der Waals surface area contributed by atoms with Gasteiger partial charge in [0, 0.05) is 18.0 Å². The quantitative estimate of drug-likeness (QED) is 0.680. The lowest BCUT2D eigenvalue weighted by Crippen LogP contribution is -2.50. The summed E-state index contributed by atoms with van der Waals surface area (Å²) in [7, 11) is 0. The Labute approximate surface area is 140 Å². The average molecular weight is 331 g/mol. The maximum atomic E-state index is 12.8. The Hall–Kier alpha value is -2.37. The maximum Gasteiger partial charge on any atom is 0.356 e. The molecule has 24 heavy (non-hydrogen) atoms. The lowest BCUT2D eigenvalue weighted by molar-refractivity contribution is -0.176. The third kappa shape index (κ3) is 2.05. The van der Waals surface area contributed by atoms with Crippen LogP contribution < -0.4 is 10.1 Å². The summed E-state index contributed by atoms with van der Waals surface area (Å²) in [5, 5.41) is 2.64. The molecule has 3 rings (SSSR count). The summed E-state index contributed by atoms with van der Waals surface area (Å²) in [6, 6.07) is 6.48. The second-order valence-electron chi connectivity index (χ2n) is 7.27. The van der Waals surface area contributed by atoms with Crippen molar-refractivity contribution in [3.8, 4) is 5.75 Å². The first-order chi connectivity index (χ1) is 11.1. The van der Waals surface area contributed by atoms with Gasteiger partial charge >= 0.3 is 11.9 Å². The van der Waals surface area contributed by atoms with Crippen LogP contribution >= 0.6 is 0 Å². The van der Waals surface area contributed by atoms with Crippen molar-refractivity contribution in [2.24, 2.45) is 10.8 Å². The Morgan fingerprint density at radius 1 is 1.12 bits per heavy atom. The fourth-order valence-corrected chi connectivity index (χ4v) is 3.70. The summed E-state index contributed by atoms with van der Waals surface area (Å²) in [6.45, 7) is 7.03. The molecule has 1 aromatic rings. The fraction of sp³-hybridized carbons (Fsp3) is 0.500. The molecule has 0 aromatic heterocycles. The number of amides is 1. The highest BCUT2D eigenvalue weighted by Crippen LogP contribution is 2.65. The van der Waals surface area contributed by atoms with Crippen molar-refractivity contribution in [3.63, 3.8) is 0 Å². The maximum absolute atomic E-state index is 12.8. The van der Waals surface area contributed by atoms with E-state index in [9.17, 15) is 14.4 Å². The lowest BCUT2D eigenvalue weighted by atomic mass is 9.66. The molecule has 128 valence electrons. The van der Waals surface area contributed by atoms with Crippen LogP contribution in [0, 0.1) is 10.8 Å². The molecule has 1 amide bonds. The summed E-state index contributed by atoms with van der Waals surface area (Å²) in [6.07, 6.45) is 1.07. The van der Waals surface area contributed by atoms with E-state index in [0.717, 1.165) is 0 Å². The minimum atomic E-state index is -1.24. The first-order valence-electron chi connectivity index (χ1n) is 7.96. The van der Waals surface area contributed by atoms with Crippen LogP contribution in [0.5, 0.6) is 5.75 Å². The molecule has 1 heterocycles. The van der Waals surface area contributed by atoms with Gasteiger partial charge in [-0.1, -0.05) is 13.8 Å². The number of nitrogens with one attached hydrogen (secondary N) is 1. The van der Waals surface area contributed by atoms with Crippen LogP contribution in [0.15, 0.2) is 24.3 Å². The number of fused-ring (bicyclic) bond motifs is 2. The number of carbonyl (C=O) groups excluding carboxylic acids is 3. The lowest BCUT2D eigenvalue weighted by Gasteiger charge is -2.34. The van der Waals surface area contributed by atoms with Crippen molar-refractivity contribution in [2.75, 3.05) is 5.32 Å². The van der Waals surface area contributed by atoms with Gasteiger partial charge in [0.05, 0.1) is 5.41 Å². The number of carbonyl (C=O) groups is 3. The van der Waals surface area contributed by atoms with Crippen LogP contribution in [-0.4, -0.2) is 23.4 Å². The van der Waals surface area contributed by atoms with Crippen LogP contribution in [0.3, 0.4) is 0 Å². The molecule has 0 unspecified atom stereocenters. The van der Waals surface area contributed by atoms with Crippen LogP contribution in [-0.2, 0) is 19.1 Å². The monoisotopic (exact) mass is 331 g/mol. The van der Waals surface area contributed by atoms with Crippen LogP contribution in [0.25, 0.3) is 0 Å². The van der Waals surface area contributed by atoms with Gasteiger partial charge in [0.15, 0.2) is 0 Å². The van der Waals surface area contributed by atoms with E-state index >= 15 is 0 Å². The Balaban J connectivity index is 1.81. The van der Waals surface area contributed by atoms with Gasteiger partial charge in [-0.15, -0.1) is 0 Å². The molecule has 0 spiro atoms. The summed E-state index contributed by atoms with van der Waals surface area (Å²) in [4.78, 5) is 36.0. The van der Waals surface area contributed by atoms with Crippen molar-refractivity contribution >= 4 is 23.5 Å². The molecule has 1 saturated heterocycles.